The van der Waals surface area contributed by atoms with E-state index < -0.39 is 0 Å². The molecule has 0 rings (SSSR count). The molecule has 8 N–H and O–H groups in total. The van der Waals surface area contributed by atoms with Gasteiger partial charge in [-0.05, 0) is 13.8 Å². The van der Waals surface area contributed by atoms with E-state index in [1.54, 1.807) is 13.8 Å². The Kier molecular flexibility index (Phi) is 4.68. The molecular weight excluding hydrogens is 184 g/mol. The molecule has 8 nitrogen and oxygen atoms in total. The fraction of sp³-hybridized carbons (Fsp3) is 0.333. The quantitative estimate of drug-likeness (QED) is 0.242. The Morgan fingerprint density at radius 1 is 0.643 bits per heavy atom. The first-order valence-electron chi connectivity index (χ1n) is 3.70. The van der Waals surface area contributed by atoms with Crippen molar-refractivity contribution in [3.05, 3.63) is 0 Å². The highest BCUT2D eigenvalue weighted by Crippen LogP contribution is 1.86. The SMILES string of the molecule is CC(=NN=C(N)N)C(C)=NN=C(N)N. The first-order chi connectivity index (χ1) is 6.43. The van der Waals surface area contributed by atoms with Gasteiger partial charge in [-0.15, -0.1) is 10.2 Å². The van der Waals surface area contributed by atoms with E-state index in [1.165, 1.54) is 0 Å². The normalized spacial score (nSPS) is 12.1. The number of nitrogens with two attached hydrogens (primary N) is 4. The molecule has 0 aliphatic heterocycles. The average Bonchev–Trinajstić information content (AvgIpc) is 2.09. The zero-order chi connectivity index (χ0) is 11.1. The van der Waals surface area contributed by atoms with Gasteiger partial charge in [0.15, 0.2) is 0 Å². The molecule has 0 saturated carbocycles. The van der Waals surface area contributed by atoms with Crippen LogP contribution in [-0.2, 0) is 0 Å². The van der Waals surface area contributed by atoms with Crippen molar-refractivity contribution in [3.8, 4) is 0 Å². The minimum atomic E-state index is -0.126. The molecular formula is C6H14N8. The Morgan fingerprint density at radius 2 is 0.929 bits per heavy atom. The second-order valence-corrected chi connectivity index (χ2v) is 2.42. The Bertz CT molecular complexity index is 270. The first kappa shape index (κ1) is 11.9. The van der Waals surface area contributed by atoms with Crippen molar-refractivity contribution in [2.75, 3.05) is 0 Å². The highest BCUT2D eigenvalue weighted by atomic mass is 15.3. The van der Waals surface area contributed by atoms with E-state index in [2.05, 4.69) is 20.4 Å². The largest absolute Gasteiger partial charge is 0.369 e. The summed E-state index contributed by atoms with van der Waals surface area (Å²) >= 11 is 0. The number of nitrogens with zero attached hydrogens (tertiary/aromatic N) is 4. The lowest BCUT2D eigenvalue weighted by molar-refractivity contribution is 1.18. The Balaban J connectivity index is 4.62. The lowest BCUT2D eigenvalue weighted by Crippen LogP contribution is -2.23. The van der Waals surface area contributed by atoms with Gasteiger partial charge in [-0.1, -0.05) is 0 Å². The topological polar surface area (TPSA) is 154 Å². The van der Waals surface area contributed by atoms with E-state index in [0.29, 0.717) is 11.4 Å². The highest BCUT2D eigenvalue weighted by molar-refractivity contribution is 6.40. The van der Waals surface area contributed by atoms with Crippen LogP contribution in [0.5, 0.6) is 0 Å². The monoisotopic (exact) mass is 198 g/mol. The van der Waals surface area contributed by atoms with E-state index in [1.807, 2.05) is 0 Å². The van der Waals surface area contributed by atoms with Crippen LogP contribution in [0, 0.1) is 0 Å². The summed E-state index contributed by atoms with van der Waals surface area (Å²) < 4.78 is 0. The lowest BCUT2D eigenvalue weighted by Gasteiger charge is -1.94. The summed E-state index contributed by atoms with van der Waals surface area (Å²) in [6, 6.07) is 0. The van der Waals surface area contributed by atoms with Gasteiger partial charge in [0.2, 0.25) is 11.9 Å². The molecule has 0 spiro atoms. The minimum absolute atomic E-state index is 0.126. The van der Waals surface area contributed by atoms with Crippen LogP contribution >= 0.6 is 0 Å². The highest BCUT2D eigenvalue weighted by Gasteiger charge is 1.95. The molecule has 0 aliphatic rings. The maximum Gasteiger partial charge on any atom is 0.211 e. The molecule has 8 heteroatoms. The van der Waals surface area contributed by atoms with Gasteiger partial charge in [0, 0.05) is 0 Å². The predicted octanol–water partition coefficient (Wildman–Crippen LogP) is -1.71. The van der Waals surface area contributed by atoms with Gasteiger partial charge in [0.25, 0.3) is 0 Å². The number of hydrogen-bond donors (Lipinski definition) is 4. The fourth-order valence-corrected chi connectivity index (χ4v) is 0.410. The molecule has 0 radical (unpaired) electrons. The van der Waals surface area contributed by atoms with Crippen LogP contribution in [0.2, 0.25) is 0 Å². The molecule has 0 heterocycles. The first-order valence-corrected chi connectivity index (χ1v) is 3.70. The van der Waals surface area contributed by atoms with Crippen LogP contribution in [0.1, 0.15) is 13.8 Å². The Labute approximate surface area is 81.4 Å². The van der Waals surface area contributed by atoms with Crippen molar-refractivity contribution in [1.82, 2.24) is 0 Å². The van der Waals surface area contributed by atoms with Crippen molar-refractivity contribution in [2.24, 2.45) is 43.3 Å². The summed E-state index contributed by atoms with van der Waals surface area (Å²) in [5, 5.41) is 14.2. The van der Waals surface area contributed by atoms with Gasteiger partial charge in [0.1, 0.15) is 0 Å². The molecule has 0 aromatic rings. The Morgan fingerprint density at radius 3 is 1.14 bits per heavy atom. The molecule has 14 heavy (non-hydrogen) atoms. The van der Waals surface area contributed by atoms with E-state index in [-0.39, 0.29) is 11.9 Å². The van der Waals surface area contributed by atoms with Crippen molar-refractivity contribution in [3.63, 3.8) is 0 Å². The molecule has 0 unspecified atom stereocenters. The number of guanidine groups is 2. The predicted molar refractivity (Wildman–Crippen MR) is 57.8 cm³/mol. The molecule has 0 atom stereocenters. The number of rotatable bonds is 3. The van der Waals surface area contributed by atoms with E-state index >= 15 is 0 Å². The van der Waals surface area contributed by atoms with Crippen LogP contribution < -0.4 is 22.9 Å². The standard InChI is InChI=1S/C6H14N8/c1-3(11-13-5(7)8)4(2)12-14-6(9)10/h1-2H3,(H4,7,8,13)(H4,9,10,14). The van der Waals surface area contributed by atoms with Crippen molar-refractivity contribution < 1.29 is 0 Å². The minimum Gasteiger partial charge on any atom is -0.369 e. The van der Waals surface area contributed by atoms with Crippen LogP contribution in [0.25, 0.3) is 0 Å². The molecule has 0 amide bonds. The van der Waals surface area contributed by atoms with Gasteiger partial charge in [-0.2, -0.15) is 10.2 Å². The molecule has 0 bridgehead atoms. The molecule has 78 valence electrons. The third-order valence-corrected chi connectivity index (χ3v) is 1.15. The van der Waals surface area contributed by atoms with E-state index in [4.69, 9.17) is 22.9 Å². The maximum atomic E-state index is 5.08. The van der Waals surface area contributed by atoms with Gasteiger partial charge >= 0.3 is 0 Å². The van der Waals surface area contributed by atoms with Gasteiger partial charge < -0.3 is 22.9 Å². The molecule has 0 aromatic carbocycles. The van der Waals surface area contributed by atoms with E-state index in [9.17, 15) is 0 Å². The average molecular weight is 198 g/mol. The van der Waals surface area contributed by atoms with Crippen LogP contribution in [0.3, 0.4) is 0 Å². The lowest BCUT2D eigenvalue weighted by atomic mass is 10.3. The second kappa shape index (κ2) is 5.51. The summed E-state index contributed by atoms with van der Waals surface area (Å²) in [6.45, 7) is 3.35. The smallest absolute Gasteiger partial charge is 0.211 e. The summed E-state index contributed by atoms with van der Waals surface area (Å²) in [6.07, 6.45) is 0. The molecule has 0 aliphatic carbocycles. The summed E-state index contributed by atoms with van der Waals surface area (Å²) in [5.41, 5.74) is 21.3. The van der Waals surface area contributed by atoms with Crippen molar-refractivity contribution in [2.45, 2.75) is 13.8 Å². The van der Waals surface area contributed by atoms with Gasteiger partial charge in [0.05, 0.1) is 11.4 Å². The zero-order valence-electron chi connectivity index (χ0n) is 8.10. The molecule has 0 fully saturated rings. The van der Waals surface area contributed by atoms with Crippen molar-refractivity contribution in [1.29, 1.82) is 0 Å². The van der Waals surface area contributed by atoms with Crippen molar-refractivity contribution >= 4 is 23.3 Å². The zero-order valence-corrected chi connectivity index (χ0v) is 8.10. The fourth-order valence-electron chi connectivity index (χ4n) is 0.410. The Hall–Kier alpha value is -2.12. The van der Waals surface area contributed by atoms with Gasteiger partial charge in [-0.3, -0.25) is 0 Å². The summed E-state index contributed by atoms with van der Waals surface area (Å²) in [7, 11) is 0. The van der Waals surface area contributed by atoms with Gasteiger partial charge in [-0.25, -0.2) is 0 Å². The third-order valence-electron chi connectivity index (χ3n) is 1.15. The maximum absolute atomic E-state index is 5.08. The third kappa shape index (κ3) is 5.52. The molecule has 0 saturated heterocycles. The van der Waals surface area contributed by atoms with Crippen LogP contribution in [0.15, 0.2) is 20.4 Å². The van der Waals surface area contributed by atoms with Crippen LogP contribution in [-0.4, -0.2) is 23.3 Å². The number of hydrogen-bond acceptors (Lipinski definition) is 4. The summed E-state index contributed by atoms with van der Waals surface area (Å²) in [5.74, 6) is -0.252. The second-order valence-electron chi connectivity index (χ2n) is 2.42. The summed E-state index contributed by atoms with van der Waals surface area (Å²) in [4.78, 5) is 0. The molecule has 0 aromatic heterocycles. The van der Waals surface area contributed by atoms with Crippen LogP contribution in [0.4, 0.5) is 0 Å². The van der Waals surface area contributed by atoms with E-state index in [0.717, 1.165) is 0 Å².